The Morgan fingerprint density at radius 3 is 2.49 bits per heavy atom. The van der Waals surface area contributed by atoms with Crippen molar-refractivity contribution in [2.75, 3.05) is 11.9 Å². The second kappa shape index (κ2) is 9.48. The Labute approximate surface area is 205 Å². The van der Waals surface area contributed by atoms with Crippen molar-refractivity contribution in [2.45, 2.75) is 6.92 Å². The first-order chi connectivity index (χ1) is 17.0. The lowest BCUT2D eigenvalue weighted by Crippen LogP contribution is -2.14. The summed E-state index contributed by atoms with van der Waals surface area (Å²) in [6, 6.07) is 22.3. The van der Waals surface area contributed by atoms with Gasteiger partial charge in [0.25, 0.3) is 5.91 Å². The van der Waals surface area contributed by atoms with Crippen LogP contribution in [0.3, 0.4) is 0 Å². The highest BCUT2D eigenvalue weighted by atomic mass is 35.5. The molecule has 0 aliphatic carbocycles. The molecule has 0 saturated carbocycles. The summed E-state index contributed by atoms with van der Waals surface area (Å²) in [6.45, 7) is 2.41. The minimum Gasteiger partial charge on any atom is -0.494 e. The highest BCUT2D eigenvalue weighted by molar-refractivity contribution is 6.30. The lowest BCUT2D eigenvalue weighted by molar-refractivity contribution is 0.101. The van der Waals surface area contributed by atoms with E-state index in [9.17, 15) is 9.59 Å². The second-order valence-electron chi connectivity index (χ2n) is 7.63. The predicted molar refractivity (Wildman–Crippen MR) is 132 cm³/mol. The number of furan rings is 1. The number of anilines is 1. The molecule has 0 fully saturated rings. The molecule has 1 amide bonds. The molecule has 0 aliphatic rings. The monoisotopic (exact) mass is 486 g/mol. The molecule has 3 aromatic carbocycles. The Balaban J connectivity index is 1.46. The Hall–Kier alpha value is -4.36. The van der Waals surface area contributed by atoms with Crippen LogP contribution >= 0.6 is 11.6 Å². The minimum atomic E-state index is -0.540. The van der Waals surface area contributed by atoms with Gasteiger partial charge >= 0.3 is 0 Å². The topological polar surface area (TPSA) is 94.6 Å². The molecule has 0 aliphatic heterocycles. The van der Waals surface area contributed by atoms with E-state index in [0.717, 1.165) is 5.56 Å². The van der Waals surface area contributed by atoms with Gasteiger partial charge in [0.1, 0.15) is 11.3 Å². The average molecular weight is 487 g/mol. The normalized spacial score (nSPS) is 10.9. The van der Waals surface area contributed by atoms with Crippen LogP contribution in [0.15, 0.2) is 87.8 Å². The molecule has 35 heavy (non-hydrogen) atoms. The third-order valence-electron chi connectivity index (χ3n) is 5.34. The first-order valence-corrected chi connectivity index (χ1v) is 11.2. The van der Waals surface area contributed by atoms with Gasteiger partial charge in [-0.2, -0.15) is 0 Å². The van der Waals surface area contributed by atoms with E-state index in [0.29, 0.717) is 39.7 Å². The largest absolute Gasteiger partial charge is 0.494 e. The molecule has 7 nitrogen and oxygen atoms in total. The van der Waals surface area contributed by atoms with E-state index in [-0.39, 0.29) is 22.9 Å². The number of ketones is 1. The maximum absolute atomic E-state index is 13.3. The van der Waals surface area contributed by atoms with Crippen LogP contribution in [0.4, 0.5) is 5.69 Å². The van der Waals surface area contributed by atoms with Crippen molar-refractivity contribution in [3.8, 4) is 17.1 Å². The van der Waals surface area contributed by atoms with Crippen LogP contribution in [0, 0.1) is 0 Å². The Morgan fingerprint density at radius 1 is 1.00 bits per heavy atom. The Bertz CT molecular complexity index is 1520. The van der Waals surface area contributed by atoms with Crippen molar-refractivity contribution in [3.63, 3.8) is 0 Å². The third-order valence-corrected chi connectivity index (χ3v) is 5.59. The number of halogens is 1. The molecule has 174 valence electrons. The number of rotatable bonds is 7. The van der Waals surface area contributed by atoms with Gasteiger partial charge in [-0.25, -0.2) is 0 Å². The van der Waals surface area contributed by atoms with Crippen LogP contribution in [-0.4, -0.2) is 23.5 Å². The van der Waals surface area contributed by atoms with Crippen molar-refractivity contribution in [2.24, 2.45) is 0 Å². The summed E-state index contributed by atoms with van der Waals surface area (Å²) in [6.07, 6.45) is 0. The molecule has 0 spiro atoms. The molecule has 5 rings (SSSR count). The molecule has 0 radical (unpaired) electrons. The fourth-order valence-electron chi connectivity index (χ4n) is 3.64. The highest BCUT2D eigenvalue weighted by Gasteiger charge is 2.25. The number of nitrogens with zero attached hydrogens (tertiary/aromatic N) is 1. The highest BCUT2D eigenvalue weighted by Crippen LogP contribution is 2.33. The lowest BCUT2D eigenvalue weighted by Gasteiger charge is -2.06. The van der Waals surface area contributed by atoms with E-state index < -0.39 is 5.91 Å². The molecule has 8 heteroatoms. The number of carbonyl (C=O) groups excluding carboxylic acids is 2. The van der Waals surface area contributed by atoms with E-state index in [1.165, 1.54) is 6.07 Å². The van der Waals surface area contributed by atoms with Gasteiger partial charge in [0.05, 0.1) is 12.3 Å². The van der Waals surface area contributed by atoms with Crippen LogP contribution in [0.25, 0.3) is 22.3 Å². The number of nitrogens with one attached hydrogen (secondary N) is 1. The van der Waals surface area contributed by atoms with Gasteiger partial charge < -0.3 is 19.0 Å². The number of fused-ring (bicyclic) bond motifs is 1. The van der Waals surface area contributed by atoms with Gasteiger partial charge in [0.2, 0.25) is 5.78 Å². The maximum atomic E-state index is 13.3. The van der Waals surface area contributed by atoms with Crippen molar-refractivity contribution in [1.82, 2.24) is 5.16 Å². The van der Waals surface area contributed by atoms with Gasteiger partial charge in [-0.3, -0.25) is 9.59 Å². The SMILES string of the molecule is CCOc1ccc(C(=O)c2oc3ccccc3c2NC(=O)c2cc(-c3ccc(Cl)cc3)on2)cc1. The molecular weight excluding hydrogens is 468 g/mol. The summed E-state index contributed by atoms with van der Waals surface area (Å²) in [7, 11) is 0. The van der Waals surface area contributed by atoms with Crippen LogP contribution in [-0.2, 0) is 0 Å². The van der Waals surface area contributed by atoms with Gasteiger partial charge in [0.15, 0.2) is 17.2 Å². The zero-order valence-electron chi connectivity index (χ0n) is 18.6. The standard InChI is InChI=1S/C27H19ClN2O5/c1-2-33-19-13-9-17(10-14-19)25(31)26-24(20-5-3-4-6-22(20)34-26)29-27(32)21-15-23(35-30-21)16-7-11-18(28)12-8-16/h3-15H,2H2,1H3,(H,29,32). The fraction of sp³-hybridized carbons (Fsp3) is 0.0741. The molecule has 0 bridgehead atoms. The van der Waals surface area contributed by atoms with Crippen molar-refractivity contribution in [3.05, 3.63) is 101 Å². The zero-order valence-corrected chi connectivity index (χ0v) is 19.3. The number of para-hydroxylation sites is 1. The second-order valence-corrected chi connectivity index (χ2v) is 8.06. The summed E-state index contributed by atoms with van der Waals surface area (Å²) in [4.78, 5) is 26.4. The van der Waals surface area contributed by atoms with Crippen LogP contribution in [0.5, 0.6) is 5.75 Å². The molecular formula is C27H19ClN2O5. The van der Waals surface area contributed by atoms with E-state index in [4.69, 9.17) is 25.3 Å². The summed E-state index contributed by atoms with van der Waals surface area (Å²) in [5, 5.41) is 7.85. The van der Waals surface area contributed by atoms with E-state index in [1.807, 2.05) is 6.92 Å². The van der Waals surface area contributed by atoms with E-state index in [1.54, 1.807) is 72.8 Å². The van der Waals surface area contributed by atoms with E-state index in [2.05, 4.69) is 10.5 Å². The van der Waals surface area contributed by atoms with Crippen molar-refractivity contribution in [1.29, 1.82) is 0 Å². The maximum Gasteiger partial charge on any atom is 0.277 e. The molecule has 0 atom stereocenters. The molecule has 5 aromatic rings. The minimum absolute atomic E-state index is 0.0186. The number of ether oxygens (including phenoxy) is 1. The molecule has 0 saturated heterocycles. The number of hydrogen-bond acceptors (Lipinski definition) is 6. The predicted octanol–water partition coefficient (Wildman–Crippen LogP) is 6.62. The quantitative estimate of drug-likeness (QED) is 0.260. The van der Waals surface area contributed by atoms with Crippen LogP contribution in [0.1, 0.15) is 33.5 Å². The zero-order chi connectivity index (χ0) is 24.4. The number of amides is 1. The molecule has 2 heterocycles. The summed E-state index contributed by atoms with van der Waals surface area (Å²) in [5.74, 6) is 0.173. The van der Waals surface area contributed by atoms with Crippen molar-refractivity contribution < 1.29 is 23.3 Å². The third kappa shape index (κ3) is 4.54. The Kier molecular flexibility index (Phi) is 6.08. The average Bonchev–Trinajstić information content (AvgIpc) is 3.51. The number of hydrogen-bond donors (Lipinski definition) is 1. The van der Waals surface area contributed by atoms with Crippen LogP contribution in [0.2, 0.25) is 5.02 Å². The smallest absolute Gasteiger partial charge is 0.277 e. The number of benzene rings is 3. The summed E-state index contributed by atoms with van der Waals surface area (Å²) >= 11 is 5.94. The van der Waals surface area contributed by atoms with E-state index >= 15 is 0 Å². The summed E-state index contributed by atoms with van der Waals surface area (Å²) in [5.41, 5.74) is 1.91. The van der Waals surface area contributed by atoms with Crippen molar-refractivity contribution >= 4 is 39.9 Å². The first-order valence-electron chi connectivity index (χ1n) is 10.9. The summed E-state index contributed by atoms with van der Waals surface area (Å²) < 4.78 is 16.6. The lowest BCUT2D eigenvalue weighted by atomic mass is 10.1. The van der Waals surface area contributed by atoms with Gasteiger partial charge in [0, 0.05) is 27.6 Å². The van der Waals surface area contributed by atoms with Gasteiger partial charge in [-0.1, -0.05) is 28.9 Å². The number of carbonyl (C=O) groups is 2. The number of aromatic nitrogens is 1. The Morgan fingerprint density at radius 2 is 1.74 bits per heavy atom. The molecule has 2 aromatic heterocycles. The van der Waals surface area contributed by atoms with Gasteiger partial charge in [-0.15, -0.1) is 0 Å². The van der Waals surface area contributed by atoms with Gasteiger partial charge in [-0.05, 0) is 67.6 Å². The molecule has 1 N–H and O–H groups in total. The van der Waals surface area contributed by atoms with Crippen LogP contribution < -0.4 is 10.1 Å². The first kappa shape index (κ1) is 22.4. The fourth-order valence-corrected chi connectivity index (χ4v) is 3.77. The molecule has 0 unspecified atom stereocenters.